The Bertz CT molecular complexity index is 253. The van der Waals surface area contributed by atoms with Crippen LogP contribution in [0.2, 0.25) is 0 Å². The van der Waals surface area contributed by atoms with Crippen LogP contribution in [-0.2, 0) is 0 Å². The Morgan fingerprint density at radius 2 is 1.48 bits per heavy atom. The van der Waals surface area contributed by atoms with E-state index in [0.29, 0.717) is 0 Å². The van der Waals surface area contributed by atoms with Crippen LogP contribution in [0, 0.1) is 17.8 Å². The first kappa shape index (κ1) is 17.3. The van der Waals surface area contributed by atoms with E-state index in [2.05, 4.69) is 19.2 Å². The molecule has 21 heavy (non-hydrogen) atoms. The van der Waals surface area contributed by atoms with Gasteiger partial charge in [-0.25, -0.2) is 0 Å². The molecule has 0 bridgehead atoms. The van der Waals surface area contributed by atoms with Gasteiger partial charge in [-0.3, -0.25) is 0 Å². The maximum Gasteiger partial charge on any atom is 0.0124 e. The first-order valence-electron chi connectivity index (χ1n) is 10.1. The fourth-order valence-corrected chi connectivity index (χ4v) is 4.91. The molecule has 124 valence electrons. The third-order valence-corrected chi connectivity index (χ3v) is 6.20. The lowest BCUT2D eigenvalue weighted by Crippen LogP contribution is -2.44. The van der Waals surface area contributed by atoms with Crippen LogP contribution in [0.15, 0.2) is 0 Å². The molecule has 3 atom stereocenters. The molecule has 0 aromatic heterocycles. The van der Waals surface area contributed by atoms with Gasteiger partial charge in [-0.2, -0.15) is 0 Å². The van der Waals surface area contributed by atoms with E-state index in [1.807, 2.05) is 0 Å². The first-order valence-corrected chi connectivity index (χ1v) is 10.1. The van der Waals surface area contributed by atoms with E-state index >= 15 is 0 Å². The van der Waals surface area contributed by atoms with E-state index in [1.54, 1.807) is 0 Å². The van der Waals surface area contributed by atoms with Crippen LogP contribution in [0.25, 0.3) is 0 Å². The molecule has 0 aromatic carbocycles. The van der Waals surface area contributed by atoms with Crippen LogP contribution in [-0.4, -0.2) is 12.6 Å². The molecule has 2 saturated carbocycles. The standard InChI is InChI=1S/C20H39N/c1-3-15-21-20(18-12-8-6-5-7-9-13-18)19-14-10-11-17(4-2)16-19/h17-21H,3-16H2,1-2H3. The van der Waals surface area contributed by atoms with Crippen molar-refractivity contribution < 1.29 is 0 Å². The zero-order valence-corrected chi connectivity index (χ0v) is 14.7. The van der Waals surface area contributed by atoms with Crippen LogP contribution in [0.4, 0.5) is 0 Å². The molecule has 0 aromatic rings. The molecule has 0 spiro atoms. The highest BCUT2D eigenvalue weighted by Gasteiger charge is 2.32. The molecule has 2 rings (SSSR count). The Balaban J connectivity index is 1.97. The average Bonchev–Trinajstić information content (AvgIpc) is 2.49. The van der Waals surface area contributed by atoms with Crippen molar-refractivity contribution in [1.29, 1.82) is 0 Å². The summed E-state index contributed by atoms with van der Waals surface area (Å²) in [5, 5.41) is 4.00. The quantitative estimate of drug-likeness (QED) is 0.640. The molecule has 0 aliphatic heterocycles. The minimum absolute atomic E-state index is 0.831. The van der Waals surface area contributed by atoms with Crippen LogP contribution in [0.3, 0.4) is 0 Å². The first-order chi connectivity index (χ1) is 10.3. The van der Waals surface area contributed by atoms with Crippen molar-refractivity contribution in [3.05, 3.63) is 0 Å². The third-order valence-electron chi connectivity index (χ3n) is 6.20. The number of nitrogens with one attached hydrogen (secondary N) is 1. The molecule has 0 saturated heterocycles. The van der Waals surface area contributed by atoms with Gasteiger partial charge in [-0.15, -0.1) is 0 Å². The van der Waals surface area contributed by atoms with Crippen molar-refractivity contribution in [3.63, 3.8) is 0 Å². The summed E-state index contributed by atoms with van der Waals surface area (Å²) in [6, 6.07) is 0.831. The summed E-state index contributed by atoms with van der Waals surface area (Å²) in [5.41, 5.74) is 0. The highest BCUT2D eigenvalue weighted by atomic mass is 14.9. The van der Waals surface area contributed by atoms with Crippen molar-refractivity contribution in [2.45, 2.75) is 103 Å². The van der Waals surface area contributed by atoms with E-state index in [4.69, 9.17) is 0 Å². The molecule has 2 aliphatic carbocycles. The largest absolute Gasteiger partial charge is 0.313 e. The molecule has 0 amide bonds. The molecular formula is C20H39N. The van der Waals surface area contributed by atoms with Gasteiger partial charge >= 0.3 is 0 Å². The molecule has 1 heteroatoms. The van der Waals surface area contributed by atoms with Gasteiger partial charge in [0, 0.05) is 6.04 Å². The van der Waals surface area contributed by atoms with Crippen molar-refractivity contribution in [3.8, 4) is 0 Å². The lowest BCUT2D eigenvalue weighted by atomic mass is 9.71. The summed E-state index contributed by atoms with van der Waals surface area (Å²) in [6.45, 7) is 5.95. The third kappa shape index (κ3) is 5.58. The van der Waals surface area contributed by atoms with E-state index in [9.17, 15) is 0 Å². The van der Waals surface area contributed by atoms with Gasteiger partial charge in [0.05, 0.1) is 0 Å². The number of hydrogen-bond donors (Lipinski definition) is 1. The summed E-state index contributed by atoms with van der Waals surface area (Å²) in [5.74, 6) is 2.96. The zero-order valence-electron chi connectivity index (χ0n) is 14.7. The Morgan fingerprint density at radius 3 is 2.14 bits per heavy atom. The van der Waals surface area contributed by atoms with E-state index < -0.39 is 0 Å². The van der Waals surface area contributed by atoms with Crippen LogP contribution >= 0.6 is 0 Å². The predicted molar refractivity (Wildman–Crippen MR) is 93.6 cm³/mol. The molecule has 1 nitrogen and oxygen atoms in total. The fourth-order valence-electron chi connectivity index (χ4n) is 4.91. The van der Waals surface area contributed by atoms with Gasteiger partial charge < -0.3 is 5.32 Å². The molecule has 3 unspecified atom stereocenters. The molecule has 1 N–H and O–H groups in total. The number of hydrogen-bond acceptors (Lipinski definition) is 1. The van der Waals surface area contributed by atoms with Crippen molar-refractivity contribution >= 4 is 0 Å². The van der Waals surface area contributed by atoms with Gasteiger partial charge in [-0.1, -0.05) is 65.2 Å². The lowest BCUT2D eigenvalue weighted by Gasteiger charge is -2.40. The van der Waals surface area contributed by atoms with Gasteiger partial charge in [0.1, 0.15) is 0 Å². The average molecular weight is 294 g/mol. The highest BCUT2D eigenvalue weighted by molar-refractivity contribution is 4.87. The summed E-state index contributed by atoms with van der Waals surface area (Å²) < 4.78 is 0. The SMILES string of the molecule is CCCNC(C1CCCCCCC1)C1CCCC(CC)C1. The highest BCUT2D eigenvalue weighted by Crippen LogP contribution is 2.37. The Kier molecular flexibility index (Phi) is 8.14. The van der Waals surface area contributed by atoms with Gasteiger partial charge in [0.15, 0.2) is 0 Å². The van der Waals surface area contributed by atoms with Crippen molar-refractivity contribution in [2.75, 3.05) is 6.54 Å². The Morgan fingerprint density at radius 1 is 0.810 bits per heavy atom. The van der Waals surface area contributed by atoms with Gasteiger partial charge in [-0.05, 0) is 56.4 Å². The minimum atomic E-state index is 0.831. The summed E-state index contributed by atoms with van der Waals surface area (Å²) >= 11 is 0. The van der Waals surface area contributed by atoms with Crippen molar-refractivity contribution in [2.24, 2.45) is 17.8 Å². The fraction of sp³-hybridized carbons (Fsp3) is 1.00. The summed E-state index contributed by atoms with van der Waals surface area (Å²) in [7, 11) is 0. The van der Waals surface area contributed by atoms with Crippen LogP contribution < -0.4 is 5.32 Å². The summed E-state index contributed by atoms with van der Waals surface area (Å²) in [4.78, 5) is 0. The normalized spacial score (nSPS) is 30.6. The van der Waals surface area contributed by atoms with E-state index in [1.165, 1.54) is 90.0 Å². The van der Waals surface area contributed by atoms with Crippen LogP contribution in [0.1, 0.15) is 97.3 Å². The maximum atomic E-state index is 4.00. The zero-order chi connectivity index (χ0) is 14.9. The predicted octanol–water partition coefficient (Wildman–Crippen LogP) is 5.93. The molecular weight excluding hydrogens is 254 g/mol. The Labute approximate surface area is 133 Å². The van der Waals surface area contributed by atoms with Gasteiger partial charge in [0.2, 0.25) is 0 Å². The van der Waals surface area contributed by atoms with E-state index in [-0.39, 0.29) is 0 Å². The monoisotopic (exact) mass is 293 g/mol. The topological polar surface area (TPSA) is 12.0 Å². The van der Waals surface area contributed by atoms with Crippen LogP contribution in [0.5, 0.6) is 0 Å². The second-order valence-corrected chi connectivity index (χ2v) is 7.79. The van der Waals surface area contributed by atoms with Gasteiger partial charge in [0.25, 0.3) is 0 Å². The smallest absolute Gasteiger partial charge is 0.0124 e. The second-order valence-electron chi connectivity index (χ2n) is 7.79. The molecule has 2 aliphatic rings. The van der Waals surface area contributed by atoms with E-state index in [0.717, 1.165) is 23.8 Å². The lowest BCUT2D eigenvalue weighted by molar-refractivity contribution is 0.151. The minimum Gasteiger partial charge on any atom is -0.313 e. The molecule has 0 heterocycles. The molecule has 0 radical (unpaired) electrons. The maximum absolute atomic E-state index is 4.00. The Hall–Kier alpha value is -0.0400. The van der Waals surface area contributed by atoms with Crippen molar-refractivity contribution in [1.82, 2.24) is 5.32 Å². The summed E-state index contributed by atoms with van der Waals surface area (Å²) in [6.07, 6.45) is 19.1. The molecule has 2 fully saturated rings. The number of rotatable bonds is 6. The second kappa shape index (κ2) is 9.87.